The summed E-state index contributed by atoms with van der Waals surface area (Å²) in [6, 6.07) is 21.5. The van der Waals surface area contributed by atoms with Crippen LogP contribution in [0, 0.1) is 0 Å². The highest BCUT2D eigenvalue weighted by atomic mass is 32.1. The molecule has 4 heteroatoms. The average molecular weight is 408 g/mol. The smallest absolute Gasteiger partial charge is 0.143 e. The molecule has 3 heterocycles. The maximum absolute atomic E-state index is 6.49. The zero-order valence-electron chi connectivity index (χ0n) is 16.3. The number of ether oxygens (including phenoxy) is 1. The molecule has 0 amide bonds. The summed E-state index contributed by atoms with van der Waals surface area (Å²) >= 11 is 3.54. The number of para-hydroxylation sites is 2. The lowest BCUT2D eigenvalue weighted by atomic mass is 10.1. The highest BCUT2D eigenvalue weighted by Gasteiger charge is 2.19. The number of hydrogen-bond donors (Lipinski definition) is 0. The lowest BCUT2D eigenvalue weighted by molar-refractivity contribution is 0.185. The van der Waals surface area contributed by atoms with Gasteiger partial charge in [0.25, 0.3) is 0 Å². The Morgan fingerprint density at radius 3 is 2.00 bits per heavy atom. The third kappa shape index (κ3) is 3.80. The van der Waals surface area contributed by atoms with E-state index in [1.807, 2.05) is 0 Å². The summed E-state index contributed by atoms with van der Waals surface area (Å²) in [5.74, 6) is 0.953. The molecule has 0 bridgehead atoms. The lowest BCUT2D eigenvalue weighted by Crippen LogP contribution is -2.16. The molecule has 0 radical (unpaired) electrons. The molecule has 144 valence electrons. The van der Waals surface area contributed by atoms with Crippen LogP contribution in [0.5, 0.6) is 5.75 Å². The van der Waals surface area contributed by atoms with Crippen molar-refractivity contribution < 1.29 is 4.74 Å². The van der Waals surface area contributed by atoms with Crippen LogP contribution < -0.4 is 4.74 Å². The molecule has 0 N–H and O–H groups in total. The van der Waals surface area contributed by atoms with E-state index in [1.54, 1.807) is 22.7 Å². The molecule has 0 aliphatic heterocycles. The van der Waals surface area contributed by atoms with Crippen LogP contribution in [-0.2, 0) is 0 Å². The molecule has 4 rings (SSSR count). The van der Waals surface area contributed by atoms with Gasteiger partial charge >= 0.3 is 0 Å². The number of nitrogens with zero attached hydrogens (tertiary/aromatic N) is 1. The van der Waals surface area contributed by atoms with Crippen molar-refractivity contribution in [3.63, 3.8) is 0 Å². The minimum absolute atomic E-state index is 0.247. The molecule has 0 aliphatic carbocycles. The summed E-state index contributed by atoms with van der Waals surface area (Å²) in [6.07, 6.45) is 3.47. The molecule has 0 spiro atoms. The van der Waals surface area contributed by atoms with Crippen LogP contribution in [0.1, 0.15) is 33.1 Å². The maximum Gasteiger partial charge on any atom is 0.143 e. The number of hydrogen-bond acceptors (Lipinski definition) is 3. The van der Waals surface area contributed by atoms with E-state index in [1.165, 1.54) is 21.1 Å². The quantitative estimate of drug-likeness (QED) is 0.289. The van der Waals surface area contributed by atoms with Crippen LogP contribution in [0.3, 0.4) is 0 Å². The minimum Gasteiger partial charge on any atom is -0.488 e. The van der Waals surface area contributed by atoms with E-state index in [-0.39, 0.29) is 6.10 Å². The van der Waals surface area contributed by atoms with Gasteiger partial charge in [-0.15, -0.1) is 22.7 Å². The van der Waals surface area contributed by atoms with Gasteiger partial charge in [0.15, 0.2) is 0 Å². The van der Waals surface area contributed by atoms with Crippen molar-refractivity contribution in [2.75, 3.05) is 0 Å². The summed E-state index contributed by atoms with van der Waals surface area (Å²) < 4.78 is 8.84. The minimum atomic E-state index is 0.247. The van der Waals surface area contributed by atoms with Crippen LogP contribution in [0.25, 0.3) is 26.8 Å². The Morgan fingerprint density at radius 2 is 1.46 bits per heavy atom. The summed E-state index contributed by atoms with van der Waals surface area (Å²) in [6.45, 7) is 4.42. The first-order valence-electron chi connectivity index (χ1n) is 9.87. The van der Waals surface area contributed by atoms with Gasteiger partial charge in [-0.1, -0.05) is 44.5 Å². The lowest BCUT2D eigenvalue weighted by Gasteiger charge is -2.21. The van der Waals surface area contributed by atoms with Crippen molar-refractivity contribution in [1.29, 1.82) is 0 Å². The monoisotopic (exact) mass is 407 g/mol. The molecule has 1 aromatic carbocycles. The van der Waals surface area contributed by atoms with Crippen molar-refractivity contribution in [2.45, 2.75) is 39.2 Å². The van der Waals surface area contributed by atoms with E-state index in [9.17, 15) is 0 Å². The Hall–Kier alpha value is -2.30. The predicted octanol–water partition coefficient (Wildman–Crippen LogP) is 7.89. The van der Waals surface area contributed by atoms with Gasteiger partial charge in [-0.2, -0.15) is 0 Å². The van der Waals surface area contributed by atoms with Crippen LogP contribution >= 0.6 is 22.7 Å². The zero-order chi connectivity index (χ0) is 19.3. The van der Waals surface area contributed by atoms with Gasteiger partial charge in [0.2, 0.25) is 0 Å². The molecule has 1 unspecified atom stereocenters. The summed E-state index contributed by atoms with van der Waals surface area (Å²) in [5, 5.41) is 4.27. The fourth-order valence-corrected chi connectivity index (χ4v) is 5.00. The van der Waals surface area contributed by atoms with E-state index in [0.717, 1.165) is 30.7 Å². The number of thiophene rings is 2. The van der Waals surface area contributed by atoms with Gasteiger partial charge in [-0.05, 0) is 60.0 Å². The number of benzene rings is 1. The van der Waals surface area contributed by atoms with Crippen LogP contribution in [0.2, 0.25) is 0 Å². The Kier molecular flexibility index (Phi) is 5.98. The molecule has 28 heavy (non-hydrogen) atoms. The first kappa shape index (κ1) is 19.0. The molecule has 3 aromatic heterocycles. The molecule has 0 fully saturated rings. The van der Waals surface area contributed by atoms with Gasteiger partial charge in [0.05, 0.1) is 32.9 Å². The predicted molar refractivity (Wildman–Crippen MR) is 122 cm³/mol. The molecule has 1 atom stereocenters. The molecule has 0 saturated heterocycles. The Labute approximate surface area is 175 Å². The highest BCUT2D eigenvalue weighted by molar-refractivity contribution is 7.14. The van der Waals surface area contributed by atoms with E-state index in [0.29, 0.717) is 0 Å². The second kappa shape index (κ2) is 8.80. The largest absolute Gasteiger partial charge is 0.488 e. The second-order valence-electron chi connectivity index (χ2n) is 6.80. The molecule has 0 saturated carbocycles. The molecular weight excluding hydrogens is 382 g/mol. The molecule has 4 aromatic rings. The molecular formula is C24H25NOS2. The second-order valence-corrected chi connectivity index (χ2v) is 8.69. The maximum atomic E-state index is 6.49. The van der Waals surface area contributed by atoms with Crippen LogP contribution in [0.15, 0.2) is 71.4 Å². The Morgan fingerprint density at radius 1 is 0.821 bits per heavy atom. The third-order valence-corrected chi connectivity index (χ3v) is 6.68. The highest BCUT2D eigenvalue weighted by Crippen LogP contribution is 2.39. The molecule has 0 aliphatic rings. The van der Waals surface area contributed by atoms with Gasteiger partial charge in [-0.25, -0.2) is 0 Å². The van der Waals surface area contributed by atoms with E-state index >= 15 is 0 Å². The van der Waals surface area contributed by atoms with Crippen molar-refractivity contribution in [1.82, 2.24) is 4.57 Å². The van der Waals surface area contributed by atoms with E-state index < -0.39 is 0 Å². The van der Waals surface area contributed by atoms with Crippen LogP contribution in [-0.4, -0.2) is 10.7 Å². The van der Waals surface area contributed by atoms with Gasteiger partial charge in [0.1, 0.15) is 5.75 Å². The van der Waals surface area contributed by atoms with E-state index in [4.69, 9.17) is 4.74 Å². The molecule has 2 nitrogen and oxygen atoms in total. The van der Waals surface area contributed by atoms with Gasteiger partial charge in [0, 0.05) is 0 Å². The van der Waals surface area contributed by atoms with Crippen molar-refractivity contribution in [3.05, 3.63) is 71.4 Å². The Bertz CT molecular complexity index is 948. The van der Waals surface area contributed by atoms with Crippen LogP contribution in [0.4, 0.5) is 0 Å². The topological polar surface area (TPSA) is 14.2 Å². The first-order chi connectivity index (χ1) is 13.8. The fraction of sp³-hybridized carbons (Fsp3) is 0.250. The zero-order valence-corrected chi connectivity index (χ0v) is 17.9. The van der Waals surface area contributed by atoms with E-state index in [2.05, 4.69) is 89.8 Å². The van der Waals surface area contributed by atoms with Crippen molar-refractivity contribution in [2.24, 2.45) is 0 Å². The third-order valence-electron chi connectivity index (χ3n) is 4.89. The standard InChI is InChI=1S/C24H25NOS2/c1-3-9-18(4-2)26-22-11-6-5-10-19(22)25-20(23-12-7-16-27-23)14-15-21(25)24-13-8-17-28-24/h5-8,10-18H,3-4,9H2,1-2H3. The summed E-state index contributed by atoms with van der Waals surface area (Å²) in [4.78, 5) is 2.52. The average Bonchev–Trinajstić information content (AvgIpc) is 3.48. The SMILES string of the molecule is CCCC(CC)Oc1ccccc1-n1c(-c2cccs2)ccc1-c1cccs1. The first-order valence-corrected chi connectivity index (χ1v) is 11.6. The number of aromatic nitrogens is 1. The van der Waals surface area contributed by atoms with Crippen molar-refractivity contribution >= 4 is 22.7 Å². The summed E-state index contributed by atoms with van der Waals surface area (Å²) in [7, 11) is 0. The Balaban J connectivity index is 1.86. The van der Waals surface area contributed by atoms with Gasteiger partial charge < -0.3 is 9.30 Å². The van der Waals surface area contributed by atoms with Crippen molar-refractivity contribution in [3.8, 4) is 32.6 Å². The normalized spacial score (nSPS) is 12.2. The fourth-order valence-electron chi connectivity index (χ4n) is 3.52. The number of rotatable bonds is 8. The summed E-state index contributed by atoms with van der Waals surface area (Å²) in [5.41, 5.74) is 3.52. The van der Waals surface area contributed by atoms with Gasteiger partial charge in [-0.3, -0.25) is 0 Å².